The van der Waals surface area contributed by atoms with E-state index in [-0.39, 0.29) is 24.2 Å². The molecule has 1 amide bonds. The van der Waals surface area contributed by atoms with Crippen LogP contribution in [0.2, 0.25) is 0 Å². The SMILES string of the molecule is CCC[C@H](N)C(=O)N1CCC[C@H]1CN1C[C@@H](C)O[C@@H](C)C1. The fourth-order valence-electron chi connectivity index (χ4n) is 3.69. The van der Waals surface area contributed by atoms with E-state index in [1.165, 1.54) is 0 Å². The number of amides is 1. The first kappa shape index (κ1) is 16.7. The lowest BCUT2D eigenvalue weighted by atomic mass is 10.1. The van der Waals surface area contributed by atoms with Gasteiger partial charge < -0.3 is 15.4 Å². The smallest absolute Gasteiger partial charge is 0.239 e. The van der Waals surface area contributed by atoms with Crippen LogP contribution in [-0.4, -0.2) is 66.2 Å². The van der Waals surface area contributed by atoms with Crippen LogP contribution in [0.5, 0.6) is 0 Å². The first-order valence-corrected chi connectivity index (χ1v) is 8.45. The molecule has 0 aromatic carbocycles. The Bertz CT molecular complexity index is 340. The molecule has 0 aromatic rings. The van der Waals surface area contributed by atoms with E-state index >= 15 is 0 Å². The third-order valence-electron chi connectivity index (χ3n) is 4.54. The van der Waals surface area contributed by atoms with Crippen molar-refractivity contribution in [3.8, 4) is 0 Å². The van der Waals surface area contributed by atoms with E-state index in [4.69, 9.17) is 10.5 Å². The Morgan fingerprint density at radius 3 is 2.62 bits per heavy atom. The van der Waals surface area contributed by atoms with E-state index < -0.39 is 0 Å². The van der Waals surface area contributed by atoms with Crippen molar-refractivity contribution in [2.45, 2.75) is 70.7 Å². The van der Waals surface area contributed by atoms with Gasteiger partial charge in [-0.1, -0.05) is 13.3 Å². The van der Waals surface area contributed by atoms with Crippen molar-refractivity contribution >= 4 is 5.91 Å². The number of carbonyl (C=O) groups excluding carboxylic acids is 1. The molecule has 2 aliphatic rings. The second-order valence-corrected chi connectivity index (χ2v) is 6.70. The molecule has 2 saturated heterocycles. The van der Waals surface area contributed by atoms with Crippen molar-refractivity contribution in [2.24, 2.45) is 5.73 Å². The summed E-state index contributed by atoms with van der Waals surface area (Å²) in [6.07, 6.45) is 4.51. The van der Waals surface area contributed by atoms with Crippen LogP contribution in [-0.2, 0) is 9.53 Å². The topological polar surface area (TPSA) is 58.8 Å². The highest BCUT2D eigenvalue weighted by atomic mass is 16.5. The Balaban J connectivity index is 1.91. The monoisotopic (exact) mass is 297 g/mol. The third kappa shape index (κ3) is 4.41. The number of ether oxygens (including phenoxy) is 1. The highest BCUT2D eigenvalue weighted by molar-refractivity contribution is 5.82. The maximum atomic E-state index is 12.5. The molecule has 2 fully saturated rings. The van der Waals surface area contributed by atoms with Gasteiger partial charge in [0.2, 0.25) is 5.91 Å². The Morgan fingerprint density at radius 2 is 2.00 bits per heavy atom. The lowest BCUT2D eigenvalue weighted by Gasteiger charge is -2.38. The highest BCUT2D eigenvalue weighted by Crippen LogP contribution is 2.21. The zero-order chi connectivity index (χ0) is 15.4. The summed E-state index contributed by atoms with van der Waals surface area (Å²) >= 11 is 0. The van der Waals surface area contributed by atoms with E-state index in [9.17, 15) is 4.79 Å². The molecule has 5 heteroatoms. The molecule has 5 nitrogen and oxygen atoms in total. The van der Waals surface area contributed by atoms with Crippen LogP contribution in [0.25, 0.3) is 0 Å². The van der Waals surface area contributed by atoms with Gasteiger partial charge in [0.15, 0.2) is 0 Å². The van der Waals surface area contributed by atoms with Crippen LogP contribution in [0.15, 0.2) is 0 Å². The molecule has 4 atom stereocenters. The number of rotatable bonds is 5. The summed E-state index contributed by atoms with van der Waals surface area (Å²) in [5.41, 5.74) is 6.02. The third-order valence-corrected chi connectivity index (χ3v) is 4.54. The van der Waals surface area contributed by atoms with Gasteiger partial charge in [0.25, 0.3) is 0 Å². The molecular weight excluding hydrogens is 266 g/mol. The predicted molar refractivity (Wildman–Crippen MR) is 84.1 cm³/mol. The maximum Gasteiger partial charge on any atom is 0.239 e. The minimum atomic E-state index is -0.321. The van der Waals surface area contributed by atoms with E-state index in [1.54, 1.807) is 0 Å². The number of likely N-dealkylation sites (tertiary alicyclic amines) is 1. The summed E-state index contributed by atoms with van der Waals surface area (Å²) in [5, 5.41) is 0. The van der Waals surface area contributed by atoms with E-state index in [2.05, 4.69) is 25.7 Å². The first-order chi connectivity index (χ1) is 10.0. The van der Waals surface area contributed by atoms with E-state index in [1.807, 2.05) is 4.90 Å². The van der Waals surface area contributed by atoms with Crippen LogP contribution >= 0.6 is 0 Å². The van der Waals surface area contributed by atoms with Gasteiger partial charge >= 0.3 is 0 Å². The van der Waals surface area contributed by atoms with Crippen LogP contribution in [0.4, 0.5) is 0 Å². The highest BCUT2D eigenvalue weighted by Gasteiger charge is 2.33. The summed E-state index contributed by atoms with van der Waals surface area (Å²) in [6, 6.07) is 0.0102. The zero-order valence-corrected chi connectivity index (χ0v) is 13.8. The second kappa shape index (κ2) is 7.56. The minimum Gasteiger partial charge on any atom is -0.373 e. The molecule has 0 aromatic heterocycles. The normalized spacial score (nSPS) is 32.4. The Morgan fingerprint density at radius 1 is 1.33 bits per heavy atom. The molecule has 21 heavy (non-hydrogen) atoms. The molecule has 2 rings (SSSR count). The average molecular weight is 297 g/mol. The van der Waals surface area contributed by atoms with Gasteiger partial charge in [0.05, 0.1) is 18.2 Å². The van der Waals surface area contributed by atoms with E-state index in [0.29, 0.717) is 6.04 Å². The quantitative estimate of drug-likeness (QED) is 0.829. The van der Waals surface area contributed by atoms with Gasteiger partial charge in [0, 0.05) is 32.2 Å². The number of morpholine rings is 1. The van der Waals surface area contributed by atoms with Crippen molar-refractivity contribution in [3.63, 3.8) is 0 Å². The number of hydrogen-bond acceptors (Lipinski definition) is 4. The molecule has 0 saturated carbocycles. The Kier molecular flexibility index (Phi) is 6.02. The van der Waals surface area contributed by atoms with Gasteiger partial charge in [-0.3, -0.25) is 9.69 Å². The van der Waals surface area contributed by atoms with Crippen molar-refractivity contribution in [1.82, 2.24) is 9.80 Å². The summed E-state index contributed by atoms with van der Waals surface area (Å²) in [4.78, 5) is 17.0. The summed E-state index contributed by atoms with van der Waals surface area (Å²) in [6.45, 7) is 10.1. The zero-order valence-electron chi connectivity index (χ0n) is 13.8. The molecule has 2 heterocycles. The lowest BCUT2D eigenvalue weighted by molar-refractivity contribution is -0.134. The molecule has 0 spiro atoms. The summed E-state index contributed by atoms with van der Waals surface area (Å²) in [5.74, 6) is 0.147. The first-order valence-electron chi connectivity index (χ1n) is 8.45. The second-order valence-electron chi connectivity index (χ2n) is 6.70. The molecule has 0 aliphatic carbocycles. The van der Waals surface area contributed by atoms with Crippen molar-refractivity contribution in [3.05, 3.63) is 0 Å². The number of carbonyl (C=O) groups is 1. The van der Waals surface area contributed by atoms with E-state index in [0.717, 1.165) is 51.9 Å². The fraction of sp³-hybridized carbons (Fsp3) is 0.938. The number of hydrogen-bond donors (Lipinski definition) is 1. The summed E-state index contributed by atoms with van der Waals surface area (Å²) < 4.78 is 5.78. The lowest BCUT2D eigenvalue weighted by Crippen LogP contribution is -2.53. The Hall–Kier alpha value is -0.650. The largest absolute Gasteiger partial charge is 0.373 e. The average Bonchev–Trinajstić information content (AvgIpc) is 2.85. The number of nitrogens with zero attached hydrogens (tertiary/aromatic N) is 2. The van der Waals surface area contributed by atoms with Gasteiger partial charge in [-0.25, -0.2) is 0 Å². The molecule has 122 valence electrons. The van der Waals surface area contributed by atoms with Crippen molar-refractivity contribution in [2.75, 3.05) is 26.2 Å². The Labute approximate surface area is 128 Å². The fourth-order valence-corrected chi connectivity index (χ4v) is 3.69. The van der Waals surface area contributed by atoms with Crippen molar-refractivity contribution in [1.29, 1.82) is 0 Å². The van der Waals surface area contributed by atoms with Crippen LogP contribution in [0.3, 0.4) is 0 Å². The van der Waals surface area contributed by atoms with Gasteiger partial charge in [-0.15, -0.1) is 0 Å². The molecular formula is C16H31N3O2. The standard InChI is InChI=1S/C16H31N3O2/c1-4-6-15(17)16(20)19-8-5-7-14(19)11-18-9-12(2)21-13(3)10-18/h12-15H,4-11,17H2,1-3H3/t12-,13+,14-,15-/m0/s1. The molecule has 0 unspecified atom stereocenters. The predicted octanol–water partition coefficient (Wildman–Crippen LogP) is 1.21. The molecule has 2 aliphatic heterocycles. The van der Waals surface area contributed by atoms with Crippen molar-refractivity contribution < 1.29 is 9.53 Å². The van der Waals surface area contributed by atoms with Crippen LogP contribution in [0, 0.1) is 0 Å². The summed E-state index contributed by atoms with van der Waals surface area (Å²) in [7, 11) is 0. The minimum absolute atomic E-state index is 0.147. The maximum absolute atomic E-state index is 12.5. The van der Waals surface area contributed by atoms with Gasteiger partial charge in [0.1, 0.15) is 0 Å². The van der Waals surface area contributed by atoms with Gasteiger partial charge in [-0.05, 0) is 33.1 Å². The molecule has 0 bridgehead atoms. The molecule has 2 N–H and O–H groups in total. The molecule has 0 radical (unpaired) electrons. The van der Waals surface area contributed by atoms with Gasteiger partial charge in [-0.2, -0.15) is 0 Å². The number of nitrogens with two attached hydrogens (primary N) is 1. The van der Waals surface area contributed by atoms with Crippen LogP contribution in [0.1, 0.15) is 46.5 Å². The van der Waals surface area contributed by atoms with Crippen LogP contribution < -0.4 is 5.73 Å².